The smallest absolute Gasteiger partial charge is 0.229 e. The van der Waals surface area contributed by atoms with Crippen LogP contribution in [0, 0.1) is 0 Å². The molecule has 0 saturated carbocycles. The van der Waals surface area contributed by atoms with Crippen LogP contribution in [0.25, 0.3) is 10.2 Å². The summed E-state index contributed by atoms with van der Waals surface area (Å²) in [5, 5.41) is 0.585. The molecular formula is C20H22BrN3O3S2. The van der Waals surface area contributed by atoms with E-state index in [4.69, 9.17) is 0 Å². The second-order valence-electron chi connectivity index (χ2n) is 6.84. The molecule has 3 rings (SSSR count). The Hall–Kier alpha value is -1.81. The lowest BCUT2D eigenvalue weighted by molar-refractivity contribution is -0.118. The van der Waals surface area contributed by atoms with Crippen LogP contribution in [0.15, 0.2) is 57.9 Å². The lowest BCUT2D eigenvalue weighted by Crippen LogP contribution is -2.37. The van der Waals surface area contributed by atoms with Gasteiger partial charge >= 0.3 is 0 Å². The van der Waals surface area contributed by atoms with E-state index in [1.807, 2.05) is 37.2 Å². The molecular weight excluding hydrogens is 474 g/mol. The van der Waals surface area contributed by atoms with Crippen molar-refractivity contribution in [1.82, 2.24) is 9.88 Å². The standard InChI is InChI=1S/C20H22BrN3O3S2/c1-23(2)11-12-24(20-22-17-9-8-15(21)14-18(17)28-20)19(25)10-13-29(26,27)16-6-4-3-5-7-16/h3-9,14H,10-13H2,1-2H3. The number of sulfone groups is 1. The maximum Gasteiger partial charge on any atom is 0.229 e. The molecule has 3 aromatic rings. The molecule has 0 saturated heterocycles. The third-order valence-corrected chi connectivity index (χ3v) is 7.60. The highest BCUT2D eigenvalue weighted by molar-refractivity contribution is 9.10. The van der Waals surface area contributed by atoms with Gasteiger partial charge in [0.1, 0.15) is 0 Å². The molecule has 6 nitrogen and oxygen atoms in total. The molecule has 1 aromatic heterocycles. The van der Waals surface area contributed by atoms with Crippen molar-refractivity contribution in [2.45, 2.75) is 11.3 Å². The van der Waals surface area contributed by atoms with Crippen molar-refractivity contribution in [1.29, 1.82) is 0 Å². The molecule has 0 unspecified atom stereocenters. The number of hydrogen-bond acceptors (Lipinski definition) is 6. The Morgan fingerprint density at radius 3 is 2.52 bits per heavy atom. The number of benzene rings is 2. The molecule has 1 amide bonds. The monoisotopic (exact) mass is 495 g/mol. The molecule has 0 fully saturated rings. The zero-order chi connectivity index (χ0) is 21.0. The predicted molar refractivity (Wildman–Crippen MR) is 121 cm³/mol. The fraction of sp³-hybridized carbons (Fsp3) is 0.300. The van der Waals surface area contributed by atoms with Crippen LogP contribution in [-0.2, 0) is 14.6 Å². The number of carbonyl (C=O) groups is 1. The molecule has 0 radical (unpaired) electrons. The number of nitrogens with zero attached hydrogens (tertiary/aromatic N) is 3. The number of amides is 1. The maximum absolute atomic E-state index is 13.0. The molecule has 0 aliphatic heterocycles. The van der Waals surface area contributed by atoms with E-state index < -0.39 is 9.84 Å². The maximum atomic E-state index is 13.0. The second kappa shape index (κ2) is 9.34. The van der Waals surface area contributed by atoms with Crippen LogP contribution in [0.1, 0.15) is 6.42 Å². The number of hydrogen-bond donors (Lipinski definition) is 0. The Bertz CT molecular complexity index is 1100. The summed E-state index contributed by atoms with van der Waals surface area (Å²) in [6.07, 6.45) is -0.0930. The molecule has 0 atom stereocenters. The third kappa shape index (κ3) is 5.63. The van der Waals surface area contributed by atoms with E-state index in [2.05, 4.69) is 20.9 Å². The summed E-state index contributed by atoms with van der Waals surface area (Å²) >= 11 is 4.88. The van der Waals surface area contributed by atoms with Gasteiger partial charge in [0.25, 0.3) is 0 Å². The van der Waals surface area contributed by atoms with Gasteiger partial charge in [-0.15, -0.1) is 0 Å². The highest BCUT2D eigenvalue weighted by atomic mass is 79.9. The lowest BCUT2D eigenvalue weighted by Gasteiger charge is -2.22. The van der Waals surface area contributed by atoms with E-state index in [1.165, 1.54) is 11.3 Å². The summed E-state index contributed by atoms with van der Waals surface area (Å²) in [5.74, 6) is -0.477. The van der Waals surface area contributed by atoms with Crippen molar-refractivity contribution in [3.63, 3.8) is 0 Å². The third-order valence-electron chi connectivity index (χ3n) is 4.33. The van der Waals surface area contributed by atoms with E-state index in [0.717, 1.165) is 14.7 Å². The van der Waals surface area contributed by atoms with Crippen LogP contribution >= 0.6 is 27.3 Å². The molecule has 1 heterocycles. The van der Waals surface area contributed by atoms with Crippen molar-refractivity contribution in [2.24, 2.45) is 0 Å². The number of likely N-dealkylation sites (N-methyl/N-ethyl adjacent to an activating group) is 1. The van der Waals surface area contributed by atoms with E-state index in [-0.39, 0.29) is 23.0 Å². The van der Waals surface area contributed by atoms with Crippen molar-refractivity contribution in [3.8, 4) is 0 Å². The summed E-state index contributed by atoms with van der Waals surface area (Å²) in [7, 11) is 0.343. The Morgan fingerprint density at radius 1 is 1.10 bits per heavy atom. The van der Waals surface area contributed by atoms with Crippen LogP contribution in [0.2, 0.25) is 0 Å². The summed E-state index contributed by atoms with van der Waals surface area (Å²) in [6.45, 7) is 1.09. The van der Waals surface area contributed by atoms with Gasteiger partial charge in [-0.1, -0.05) is 45.5 Å². The number of carbonyl (C=O) groups excluding carboxylic acids is 1. The van der Waals surface area contributed by atoms with Crippen molar-refractivity contribution in [2.75, 3.05) is 37.8 Å². The highest BCUT2D eigenvalue weighted by Gasteiger charge is 2.23. The first-order chi connectivity index (χ1) is 13.8. The first-order valence-electron chi connectivity index (χ1n) is 9.05. The molecule has 0 bridgehead atoms. The SMILES string of the molecule is CN(C)CCN(C(=O)CCS(=O)(=O)c1ccccc1)c1nc2ccc(Br)cc2s1. The second-order valence-corrected chi connectivity index (χ2v) is 10.9. The van der Waals surface area contributed by atoms with E-state index >= 15 is 0 Å². The average molecular weight is 496 g/mol. The Labute approximate surface area is 183 Å². The normalized spacial score (nSPS) is 11.9. The van der Waals surface area contributed by atoms with Gasteiger partial charge in [0.05, 0.1) is 20.9 Å². The topological polar surface area (TPSA) is 70.6 Å². The van der Waals surface area contributed by atoms with Gasteiger partial charge in [-0.25, -0.2) is 13.4 Å². The number of fused-ring (bicyclic) bond motifs is 1. The Kier molecular flexibility index (Phi) is 7.05. The fourth-order valence-electron chi connectivity index (χ4n) is 2.73. The Balaban J connectivity index is 1.81. The van der Waals surface area contributed by atoms with Gasteiger partial charge in [-0.3, -0.25) is 9.69 Å². The number of halogens is 1. The Morgan fingerprint density at radius 2 is 1.83 bits per heavy atom. The molecule has 154 valence electrons. The van der Waals surface area contributed by atoms with Crippen molar-refractivity contribution >= 4 is 58.4 Å². The molecule has 29 heavy (non-hydrogen) atoms. The van der Waals surface area contributed by atoms with Crippen molar-refractivity contribution < 1.29 is 13.2 Å². The zero-order valence-electron chi connectivity index (χ0n) is 16.2. The van der Waals surface area contributed by atoms with Gasteiger partial charge in [0, 0.05) is 24.0 Å². The highest BCUT2D eigenvalue weighted by Crippen LogP contribution is 2.31. The molecule has 0 N–H and O–H groups in total. The van der Waals surface area contributed by atoms with E-state index in [9.17, 15) is 13.2 Å². The molecule has 0 spiro atoms. The van der Waals surface area contributed by atoms with Crippen LogP contribution in [-0.4, -0.2) is 57.1 Å². The van der Waals surface area contributed by atoms with Crippen LogP contribution in [0.4, 0.5) is 5.13 Å². The molecule has 0 aliphatic carbocycles. The minimum atomic E-state index is -3.51. The first-order valence-corrected chi connectivity index (χ1v) is 12.3. The molecule has 2 aromatic carbocycles. The number of anilines is 1. The van der Waals surface area contributed by atoms with Gasteiger partial charge in [0.15, 0.2) is 15.0 Å². The van der Waals surface area contributed by atoms with Crippen LogP contribution < -0.4 is 4.90 Å². The minimum absolute atomic E-state index is 0.0930. The van der Waals surface area contributed by atoms with Gasteiger partial charge in [-0.05, 0) is 44.4 Å². The summed E-state index contributed by atoms with van der Waals surface area (Å²) in [5.41, 5.74) is 0.813. The van der Waals surface area contributed by atoms with Gasteiger partial charge in [0.2, 0.25) is 5.91 Å². The predicted octanol–water partition coefficient (Wildman–Crippen LogP) is 3.82. The minimum Gasteiger partial charge on any atom is -0.308 e. The molecule has 0 aliphatic rings. The quantitative estimate of drug-likeness (QED) is 0.474. The lowest BCUT2D eigenvalue weighted by atomic mass is 10.3. The van der Waals surface area contributed by atoms with Crippen LogP contribution in [0.5, 0.6) is 0 Å². The zero-order valence-corrected chi connectivity index (χ0v) is 19.4. The molecule has 9 heteroatoms. The number of thiazole rings is 1. The number of rotatable bonds is 8. The van der Waals surface area contributed by atoms with Crippen molar-refractivity contribution in [3.05, 3.63) is 53.0 Å². The summed E-state index contributed by atoms with van der Waals surface area (Å²) in [6, 6.07) is 14.0. The first kappa shape index (κ1) is 21.9. The largest absolute Gasteiger partial charge is 0.308 e. The van der Waals surface area contributed by atoms with Crippen LogP contribution in [0.3, 0.4) is 0 Å². The average Bonchev–Trinajstić information content (AvgIpc) is 3.09. The number of aromatic nitrogens is 1. The van der Waals surface area contributed by atoms with Gasteiger partial charge < -0.3 is 4.90 Å². The fourth-order valence-corrected chi connectivity index (χ4v) is 5.54. The summed E-state index contributed by atoms with van der Waals surface area (Å²) in [4.78, 5) is 21.4. The summed E-state index contributed by atoms with van der Waals surface area (Å²) < 4.78 is 27.0. The van der Waals surface area contributed by atoms with E-state index in [0.29, 0.717) is 18.2 Å². The van der Waals surface area contributed by atoms with Gasteiger partial charge in [-0.2, -0.15) is 0 Å². The van der Waals surface area contributed by atoms with E-state index in [1.54, 1.807) is 35.2 Å².